The summed E-state index contributed by atoms with van der Waals surface area (Å²) in [5.74, 6) is -3.17. The SMILES string of the molecule is Cc1ccc(-n2c(-c3cc(F)c(S(N)(=O)=O)cc3F)coc2=O)cn1. The molecule has 3 rings (SSSR count). The maximum absolute atomic E-state index is 14.4. The monoisotopic (exact) mass is 367 g/mol. The van der Waals surface area contributed by atoms with Crippen LogP contribution >= 0.6 is 0 Å². The van der Waals surface area contributed by atoms with E-state index < -0.39 is 32.3 Å². The minimum Gasteiger partial charge on any atom is -0.415 e. The average Bonchev–Trinajstić information content (AvgIpc) is 2.90. The molecule has 2 heterocycles. The molecule has 0 amide bonds. The third-order valence-electron chi connectivity index (χ3n) is 3.45. The highest BCUT2D eigenvalue weighted by Gasteiger charge is 2.22. The highest BCUT2D eigenvalue weighted by Crippen LogP contribution is 2.28. The molecule has 0 aliphatic carbocycles. The Bertz CT molecular complexity index is 1120. The van der Waals surface area contributed by atoms with Gasteiger partial charge >= 0.3 is 5.76 Å². The number of halogens is 2. The lowest BCUT2D eigenvalue weighted by molar-refractivity contribution is 0.504. The van der Waals surface area contributed by atoms with Gasteiger partial charge in [0, 0.05) is 11.3 Å². The van der Waals surface area contributed by atoms with Crippen LogP contribution in [0.3, 0.4) is 0 Å². The fraction of sp³-hybridized carbons (Fsp3) is 0.0667. The van der Waals surface area contributed by atoms with Gasteiger partial charge in [0.2, 0.25) is 10.0 Å². The molecule has 0 saturated carbocycles. The van der Waals surface area contributed by atoms with Gasteiger partial charge in [-0.15, -0.1) is 0 Å². The summed E-state index contributed by atoms with van der Waals surface area (Å²) in [4.78, 5) is 15.0. The maximum Gasteiger partial charge on any atom is 0.424 e. The fourth-order valence-electron chi connectivity index (χ4n) is 2.27. The lowest BCUT2D eigenvalue weighted by Crippen LogP contribution is -2.16. The predicted molar refractivity (Wildman–Crippen MR) is 83.6 cm³/mol. The van der Waals surface area contributed by atoms with Crippen molar-refractivity contribution < 1.29 is 21.6 Å². The molecule has 0 aliphatic heterocycles. The standard InChI is InChI=1S/C15H11F2N3O4S/c1-8-2-3-9(6-19-8)20-13(7-24-15(20)21)10-4-12(17)14(5-11(10)16)25(18,22)23/h2-7H,1H3,(H2,18,22,23). The lowest BCUT2D eigenvalue weighted by Gasteiger charge is -2.09. The molecule has 0 spiro atoms. The number of nitrogens with two attached hydrogens (primary N) is 1. The van der Waals surface area contributed by atoms with Crippen LogP contribution in [-0.2, 0) is 10.0 Å². The van der Waals surface area contributed by atoms with Gasteiger partial charge in [-0.05, 0) is 31.2 Å². The summed E-state index contributed by atoms with van der Waals surface area (Å²) >= 11 is 0. The van der Waals surface area contributed by atoms with E-state index in [1.54, 1.807) is 19.1 Å². The number of oxazole rings is 1. The highest BCUT2D eigenvalue weighted by atomic mass is 32.2. The Balaban J connectivity index is 2.24. The minimum absolute atomic E-state index is 0.104. The molecule has 7 nitrogen and oxygen atoms in total. The van der Waals surface area contributed by atoms with Crippen LogP contribution in [0.25, 0.3) is 16.9 Å². The first kappa shape index (κ1) is 17.0. The van der Waals surface area contributed by atoms with E-state index in [1.165, 1.54) is 6.20 Å². The average molecular weight is 367 g/mol. The molecule has 1 aromatic carbocycles. The fourth-order valence-corrected chi connectivity index (χ4v) is 2.87. The second-order valence-corrected chi connectivity index (χ2v) is 6.72. The molecule has 0 radical (unpaired) electrons. The number of rotatable bonds is 3. The van der Waals surface area contributed by atoms with Gasteiger partial charge in [-0.25, -0.2) is 31.7 Å². The van der Waals surface area contributed by atoms with Gasteiger partial charge in [-0.1, -0.05) is 0 Å². The molecule has 0 aliphatic rings. The Morgan fingerprint density at radius 3 is 2.52 bits per heavy atom. The van der Waals surface area contributed by atoms with E-state index in [-0.39, 0.29) is 16.9 Å². The van der Waals surface area contributed by atoms with E-state index in [1.807, 2.05) is 0 Å². The smallest absolute Gasteiger partial charge is 0.415 e. The molecule has 25 heavy (non-hydrogen) atoms. The van der Waals surface area contributed by atoms with E-state index in [4.69, 9.17) is 9.56 Å². The molecule has 0 fully saturated rings. The normalized spacial score (nSPS) is 11.7. The molecular weight excluding hydrogens is 356 g/mol. The topological polar surface area (TPSA) is 108 Å². The quantitative estimate of drug-likeness (QED) is 0.758. The van der Waals surface area contributed by atoms with Crippen molar-refractivity contribution in [3.8, 4) is 16.9 Å². The predicted octanol–water partition coefficient (Wildman–Crippen LogP) is 1.73. The minimum atomic E-state index is -4.43. The maximum atomic E-state index is 14.4. The molecule has 10 heteroatoms. The first-order chi connectivity index (χ1) is 11.7. The lowest BCUT2D eigenvalue weighted by atomic mass is 10.1. The van der Waals surface area contributed by atoms with Crippen LogP contribution in [0.5, 0.6) is 0 Å². The van der Waals surface area contributed by atoms with Crippen LogP contribution in [0.4, 0.5) is 8.78 Å². The van der Waals surface area contributed by atoms with Crippen molar-refractivity contribution >= 4 is 10.0 Å². The van der Waals surface area contributed by atoms with Crippen molar-refractivity contribution in [2.45, 2.75) is 11.8 Å². The van der Waals surface area contributed by atoms with Gasteiger partial charge in [0.25, 0.3) is 0 Å². The summed E-state index contributed by atoms with van der Waals surface area (Å²) in [6, 6.07) is 4.27. The Kier molecular flexibility index (Phi) is 4.01. The molecule has 2 N–H and O–H groups in total. The molecule has 0 bridgehead atoms. The summed E-state index contributed by atoms with van der Waals surface area (Å²) in [5.41, 5.74) is 0.496. The van der Waals surface area contributed by atoms with Gasteiger partial charge < -0.3 is 4.42 Å². The van der Waals surface area contributed by atoms with Crippen molar-refractivity contribution in [2.24, 2.45) is 5.14 Å². The van der Waals surface area contributed by atoms with E-state index in [2.05, 4.69) is 4.98 Å². The number of pyridine rings is 1. The number of hydrogen-bond acceptors (Lipinski definition) is 5. The van der Waals surface area contributed by atoms with Crippen LogP contribution < -0.4 is 10.9 Å². The molecule has 0 unspecified atom stereocenters. The molecule has 3 aromatic rings. The van der Waals surface area contributed by atoms with E-state index in [0.29, 0.717) is 17.8 Å². The summed E-state index contributed by atoms with van der Waals surface area (Å²) in [7, 11) is -4.43. The molecule has 2 aromatic heterocycles. The Labute approximate surface area is 140 Å². The van der Waals surface area contributed by atoms with Crippen LogP contribution in [0, 0.1) is 18.6 Å². The van der Waals surface area contributed by atoms with E-state index in [9.17, 15) is 22.0 Å². The highest BCUT2D eigenvalue weighted by molar-refractivity contribution is 7.89. The van der Waals surface area contributed by atoms with E-state index >= 15 is 0 Å². The Hall–Kier alpha value is -2.85. The summed E-state index contributed by atoms with van der Waals surface area (Å²) in [5, 5.41) is 4.84. The number of sulfonamides is 1. The number of primary sulfonamides is 1. The second-order valence-electron chi connectivity index (χ2n) is 5.19. The van der Waals surface area contributed by atoms with Crippen LogP contribution in [0.1, 0.15) is 5.69 Å². The van der Waals surface area contributed by atoms with Gasteiger partial charge in [-0.2, -0.15) is 0 Å². The van der Waals surface area contributed by atoms with Crippen molar-refractivity contribution in [3.63, 3.8) is 0 Å². The van der Waals surface area contributed by atoms with Crippen molar-refractivity contribution in [1.82, 2.24) is 9.55 Å². The van der Waals surface area contributed by atoms with Crippen LogP contribution in [-0.4, -0.2) is 18.0 Å². The number of aryl methyl sites for hydroxylation is 1. The van der Waals surface area contributed by atoms with Crippen LogP contribution in [0.15, 0.2) is 50.8 Å². The second kappa shape index (κ2) is 5.90. The van der Waals surface area contributed by atoms with Crippen molar-refractivity contribution in [2.75, 3.05) is 0 Å². The zero-order valence-electron chi connectivity index (χ0n) is 12.7. The third kappa shape index (κ3) is 3.08. The Morgan fingerprint density at radius 2 is 1.92 bits per heavy atom. The van der Waals surface area contributed by atoms with Gasteiger partial charge in [0.1, 0.15) is 22.8 Å². The number of nitrogens with zero attached hydrogens (tertiary/aromatic N) is 2. The van der Waals surface area contributed by atoms with Crippen molar-refractivity contribution in [1.29, 1.82) is 0 Å². The van der Waals surface area contributed by atoms with Gasteiger partial charge in [0.05, 0.1) is 17.6 Å². The van der Waals surface area contributed by atoms with Gasteiger partial charge in [0.15, 0.2) is 0 Å². The summed E-state index contributed by atoms with van der Waals surface area (Å²) < 4.78 is 56.7. The molecule has 0 atom stereocenters. The molecular formula is C15H11F2N3O4S. The largest absolute Gasteiger partial charge is 0.424 e. The zero-order valence-corrected chi connectivity index (χ0v) is 13.5. The number of benzene rings is 1. The van der Waals surface area contributed by atoms with Gasteiger partial charge in [-0.3, -0.25) is 4.98 Å². The van der Waals surface area contributed by atoms with Crippen molar-refractivity contribution in [3.05, 3.63) is 64.6 Å². The van der Waals surface area contributed by atoms with E-state index in [0.717, 1.165) is 10.8 Å². The summed E-state index contributed by atoms with van der Waals surface area (Å²) in [6.07, 6.45) is 2.30. The van der Waals surface area contributed by atoms with Crippen LogP contribution in [0.2, 0.25) is 0 Å². The third-order valence-corrected chi connectivity index (χ3v) is 4.38. The summed E-state index contributed by atoms with van der Waals surface area (Å²) in [6.45, 7) is 1.74. The first-order valence-corrected chi connectivity index (χ1v) is 8.39. The molecule has 0 saturated heterocycles. The zero-order chi connectivity index (χ0) is 18.4. The Morgan fingerprint density at radius 1 is 1.20 bits per heavy atom. The number of aromatic nitrogens is 2. The number of hydrogen-bond donors (Lipinski definition) is 1. The first-order valence-electron chi connectivity index (χ1n) is 6.84. The molecule has 130 valence electrons.